The molecule has 0 atom stereocenters. The number of aryl methyl sites for hydroxylation is 1. The van der Waals surface area contributed by atoms with Gasteiger partial charge in [-0.1, -0.05) is 37.6 Å². The van der Waals surface area contributed by atoms with Crippen LogP contribution in [0, 0.1) is 6.92 Å². The molecule has 13 heavy (non-hydrogen) atoms. The summed E-state index contributed by atoms with van der Waals surface area (Å²) in [5, 5.41) is 3.39. The van der Waals surface area contributed by atoms with Gasteiger partial charge in [0.2, 0.25) is 0 Å². The van der Waals surface area contributed by atoms with Crippen molar-refractivity contribution >= 4 is 5.84 Å². The number of amidine groups is 1. The predicted octanol–water partition coefficient (Wildman–Crippen LogP) is 1.60. The molecule has 4 N–H and O–H groups in total. The molecule has 0 aliphatic heterocycles. The molecule has 3 heteroatoms. The first-order valence-electron chi connectivity index (χ1n) is 4.34. The highest BCUT2D eigenvalue weighted by molar-refractivity contribution is 5.97. The third-order valence-electron chi connectivity index (χ3n) is 1.45. The third-order valence-corrected chi connectivity index (χ3v) is 1.45. The van der Waals surface area contributed by atoms with Crippen molar-refractivity contribution in [3.8, 4) is 0 Å². The second kappa shape index (κ2) is 6.06. The molecule has 0 aromatic heterocycles. The van der Waals surface area contributed by atoms with Crippen LogP contribution in [0.25, 0.3) is 0 Å². The van der Waals surface area contributed by atoms with Crippen LogP contribution in [0.1, 0.15) is 25.0 Å². The Bertz CT molecular complexity index is 279. The summed E-state index contributed by atoms with van der Waals surface area (Å²) in [6.45, 7) is 5.99. The van der Waals surface area contributed by atoms with E-state index in [0.29, 0.717) is 5.84 Å². The van der Waals surface area contributed by atoms with Gasteiger partial charge in [0.25, 0.3) is 0 Å². The normalized spacial score (nSPS) is 10.2. The fourth-order valence-electron chi connectivity index (χ4n) is 0.879. The smallest absolute Gasteiger partial charge is 0.150 e. The molecule has 0 amide bonds. The molecule has 0 spiro atoms. The van der Waals surface area contributed by atoms with Crippen molar-refractivity contribution in [1.82, 2.24) is 0 Å². The Balaban J connectivity index is 0.000000671. The van der Waals surface area contributed by atoms with Crippen molar-refractivity contribution in [3.63, 3.8) is 0 Å². The topological polar surface area (TPSA) is 64.4 Å². The van der Waals surface area contributed by atoms with Gasteiger partial charge in [0, 0.05) is 5.56 Å². The molecule has 0 unspecified atom stereocenters. The van der Waals surface area contributed by atoms with Gasteiger partial charge in [-0.05, 0) is 13.0 Å². The summed E-state index contributed by atoms with van der Waals surface area (Å²) in [5.41, 5.74) is 7.50. The molecule has 0 bridgehead atoms. The van der Waals surface area contributed by atoms with Crippen LogP contribution in [-0.2, 0) is 0 Å². The number of hydrogen-bond acceptors (Lipinski definition) is 2. The Labute approximate surface area is 79.4 Å². The maximum atomic E-state index is 5.49. The largest absolute Gasteiger partial charge is 0.382 e. The number of hydrogen-bond donors (Lipinski definition) is 2. The van der Waals surface area contributed by atoms with E-state index in [-0.39, 0.29) is 0 Å². The first kappa shape index (κ1) is 11.5. The van der Waals surface area contributed by atoms with Gasteiger partial charge in [-0.15, -0.1) is 0 Å². The average Bonchev–Trinajstić information content (AvgIpc) is 2.20. The second-order valence-corrected chi connectivity index (χ2v) is 2.38. The van der Waals surface area contributed by atoms with Crippen LogP contribution in [0.4, 0.5) is 0 Å². The van der Waals surface area contributed by atoms with Gasteiger partial charge in [0.15, 0.2) is 0 Å². The monoisotopic (exact) mass is 179 g/mol. The minimum Gasteiger partial charge on any atom is -0.382 e. The Morgan fingerprint density at radius 3 is 2.38 bits per heavy atom. The van der Waals surface area contributed by atoms with Crippen molar-refractivity contribution in [3.05, 3.63) is 35.4 Å². The Morgan fingerprint density at radius 1 is 1.31 bits per heavy atom. The molecule has 0 saturated heterocycles. The van der Waals surface area contributed by atoms with Gasteiger partial charge in [-0.2, -0.15) is 5.10 Å². The molecule has 72 valence electrons. The van der Waals surface area contributed by atoms with Crippen LogP contribution in [0.5, 0.6) is 0 Å². The minimum absolute atomic E-state index is 0.369. The fraction of sp³-hybridized carbons (Fsp3) is 0.300. The fourth-order valence-corrected chi connectivity index (χ4v) is 0.879. The van der Waals surface area contributed by atoms with Gasteiger partial charge in [-0.25, -0.2) is 0 Å². The average molecular weight is 179 g/mol. The number of hydrazone groups is 1. The molecule has 0 heterocycles. The lowest BCUT2D eigenvalue weighted by Gasteiger charge is -1.98. The summed E-state index contributed by atoms with van der Waals surface area (Å²) in [6.07, 6.45) is 0. The Kier molecular flexibility index (Phi) is 5.35. The molecule has 0 aliphatic rings. The zero-order chi connectivity index (χ0) is 10.3. The first-order valence-corrected chi connectivity index (χ1v) is 4.34. The van der Waals surface area contributed by atoms with Crippen LogP contribution in [0.3, 0.4) is 0 Å². The molecule has 1 aromatic carbocycles. The van der Waals surface area contributed by atoms with Crippen molar-refractivity contribution in [2.24, 2.45) is 16.7 Å². The van der Waals surface area contributed by atoms with Crippen LogP contribution >= 0.6 is 0 Å². The molecule has 0 saturated carbocycles. The number of rotatable bonds is 1. The van der Waals surface area contributed by atoms with E-state index < -0.39 is 0 Å². The summed E-state index contributed by atoms with van der Waals surface area (Å²) in [4.78, 5) is 0. The highest BCUT2D eigenvalue weighted by Crippen LogP contribution is 2.02. The summed E-state index contributed by atoms with van der Waals surface area (Å²) in [6, 6.07) is 7.72. The zero-order valence-corrected chi connectivity index (χ0v) is 8.41. The van der Waals surface area contributed by atoms with Crippen molar-refractivity contribution < 1.29 is 0 Å². The van der Waals surface area contributed by atoms with Gasteiger partial charge in [-0.3, -0.25) is 0 Å². The summed E-state index contributed by atoms with van der Waals surface area (Å²) in [5.74, 6) is 5.39. The van der Waals surface area contributed by atoms with Crippen molar-refractivity contribution in [2.75, 3.05) is 0 Å². The van der Waals surface area contributed by atoms with Crippen LogP contribution in [0.2, 0.25) is 0 Å². The Hall–Kier alpha value is -1.51. The molecular formula is C10H17N3. The molecule has 0 radical (unpaired) electrons. The third kappa shape index (κ3) is 3.60. The molecule has 0 fully saturated rings. The highest BCUT2D eigenvalue weighted by Gasteiger charge is 1.95. The van der Waals surface area contributed by atoms with E-state index in [9.17, 15) is 0 Å². The van der Waals surface area contributed by atoms with E-state index in [1.54, 1.807) is 0 Å². The van der Waals surface area contributed by atoms with E-state index in [1.807, 2.05) is 45.0 Å². The number of nitrogens with zero attached hydrogens (tertiary/aromatic N) is 1. The summed E-state index contributed by atoms with van der Waals surface area (Å²) in [7, 11) is 0. The zero-order valence-electron chi connectivity index (χ0n) is 8.41. The maximum absolute atomic E-state index is 5.49. The first-order chi connectivity index (χ1) is 6.24. The molecular weight excluding hydrogens is 162 g/mol. The minimum atomic E-state index is 0.369. The molecule has 1 rings (SSSR count). The van der Waals surface area contributed by atoms with Gasteiger partial charge < -0.3 is 11.6 Å². The van der Waals surface area contributed by atoms with Crippen LogP contribution in [-0.4, -0.2) is 5.84 Å². The lowest BCUT2D eigenvalue weighted by atomic mass is 10.1. The summed E-state index contributed by atoms with van der Waals surface area (Å²) >= 11 is 0. The van der Waals surface area contributed by atoms with Gasteiger partial charge >= 0.3 is 0 Å². The maximum Gasteiger partial charge on any atom is 0.150 e. The van der Waals surface area contributed by atoms with E-state index in [4.69, 9.17) is 11.6 Å². The molecule has 0 aliphatic carbocycles. The van der Waals surface area contributed by atoms with Gasteiger partial charge in [0.05, 0.1) is 0 Å². The summed E-state index contributed by atoms with van der Waals surface area (Å²) < 4.78 is 0. The lowest BCUT2D eigenvalue weighted by Crippen LogP contribution is -2.15. The lowest BCUT2D eigenvalue weighted by molar-refractivity contribution is 1.23. The quantitative estimate of drug-likeness (QED) is 0.297. The van der Waals surface area contributed by atoms with Crippen molar-refractivity contribution in [2.45, 2.75) is 20.8 Å². The van der Waals surface area contributed by atoms with E-state index in [2.05, 4.69) is 5.10 Å². The number of benzene rings is 1. The van der Waals surface area contributed by atoms with Crippen LogP contribution in [0.15, 0.2) is 29.4 Å². The molecule has 3 nitrogen and oxygen atoms in total. The van der Waals surface area contributed by atoms with E-state index in [1.165, 1.54) is 0 Å². The standard InChI is InChI=1S/C8H11N3.C2H6/c1-6-3-2-4-7(5-6)8(9)11-10;1-2/h2-5H,10H2,1H3,(H2,9,11);1-2H3. The Morgan fingerprint density at radius 2 is 1.92 bits per heavy atom. The van der Waals surface area contributed by atoms with E-state index >= 15 is 0 Å². The van der Waals surface area contributed by atoms with Gasteiger partial charge in [0.1, 0.15) is 5.84 Å². The highest BCUT2D eigenvalue weighted by atomic mass is 15.1. The second-order valence-electron chi connectivity index (χ2n) is 2.38. The number of nitrogens with two attached hydrogens (primary N) is 2. The molecule has 1 aromatic rings. The van der Waals surface area contributed by atoms with Crippen LogP contribution < -0.4 is 11.6 Å². The van der Waals surface area contributed by atoms with E-state index in [0.717, 1.165) is 11.1 Å². The SMILES string of the molecule is CC.Cc1cccc(/C(N)=N/N)c1. The van der Waals surface area contributed by atoms with Crippen molar-refractivity contribution in [1.29, 1.82) is 0 Å². The predicted molar refractivity (Wildman–Crippen MR) is 57.4 cm³/mol.